The fraction of sp³-hybridized carbons (Fsp3) is 0.364. The molecule has 0 bridgehead atoms. The zero-order valence-corrected chi connectivity index (χ0v) is 9.67. The summed E-state index contributed by atoms with van der Waals surface area (Å²) in [7, 11) is 0. The Morgan fingerprint density at radius 2 is 2.31 bits per heavy atom. The lowest BCUT2D eigenvalue weighted by Crippen LogP contribution is -1.99. The van der Waals surface area contributed by atoms with Gasteiger partial charge in [-0.3, -0.25) is 0 Å². The van der Waals surface area contributed by atoms with Crippen LogP contribution < -0.4 is 10.5 Å². The van der Waals surface area contributed by atoms with E-state index < -0.39 is 0 Å². The zero-order valence-electron chi connectivity index (χ0n) is 8.85. The van der Waals surface area contributed by atoms with E-state index in [1.807, 2.05) is 18.2 Å². The van der Waals surface area contributed by atoms with Crippen LogP contribution in [0.4, 0.5) is 0 Å². The van der Waals surface area contributed by atoms with Gasteiger partial charge in [0.15, 0.2) is 0 Å². The number of thiazole rings is 1. The van der Waals surface area contributed by atoms with E-state index in [4.69, 9.17) is 15.6 Å². The maximum absolute atomic E-state index is 8.65. The summed E-state index contributed by atoms with van der Waals surface area (Å²) >= 11 is 1.59. The summed E-state index contributed by atoms with van der Waals surface area (Å²) in [6, 6.07) is 5.78. The third-order valence-electron chi connectivity index (χ3n) is 2.15. The largest absolute Gasteiger partial charge is 0.493 e. The molecule has 0 aliphatic carbocycles. The van der Waals surface area contributed by atoms with Crippen molar-refractivity contribution in [3.8, 4) is 5.75 Å². The number of aliphatic hydroxyl groups is 1. The van der Waals surface area contributed by atoms with Crippen molar-refractivity contribution in [3.63, 3.8) is 0 Å². The van der Waals surface area contributed by atoms with Gasteiger partial charge in [0.1, 0.15) is 10.8 Å². The Labute approximate surface area is 97.7 Å². The van der Waals surface area contributed by atoms with E-state index in [0.29, 0.717) is 19.6 Å². The highest BCUT2D eigenvalue weighted by Gasteiger charge is 2.03. The molecule has 0 unspecified atom stereocenters. The molecule has 0 saturated carbocycles. The maximum atomic E-state index is 8.65. The van der Waals surface area contributed by atoms with Gasteiger partial charge in [-0.1, -0.05) is 0 Å². The number of nitrogens with two attached hydrogens (primary N) is 1. The van der Waals surface area contributed by atoms with Gasteiger partial charge >= 0.3 is 0 Å². The van der Waals surface area contributed by atoms with E-state index in [0.717, 1.165) is 21.0 Å². The van der Waals surface area contributed by atoms with E-state index in [-0.39, 0.29) is 6.61 Å². The predicted molar refractivity (Wildman–Crippen MR) is 64.7 cm³/mol. The molecule has 2 rings (SSSR count). The first-order valence-corrected chi connectivity index (χ1v) is 5.98. The number of fused-ring (bicyclic) bond motifs is 1. The van der Waals surface area contributed by atoms with Crippen molar-refractivity contribution in [2.24, 2.45) is 5.73 Å². The average Bonchev–Trinajstić information content (AvgIpc) is 2.71. The first-order valence-electron chi connectivity index (χ1n) is 5.16. The van der Waals surface area contributed by atoms with Crippen molar-refractivity contribution >= 4 is 21.6 Å². The van der Waals surface area contributed by atoms with Gasteiger partial charge in [-0.05, 0) is 18.2 Å². The lowest BCUT2D eigenvalue weighted by atomic mass is 10.3. The second-order valence-electron chi connectivity index (χ2n) is 3.37. The van der Waals surface area contributed by atoms with Crippen LogP contribution in [0.1, 0.15) is 11.4 Å². The number of hydrogen-bond donors (Lipinski definition) is 2. The lowest BCUT2D eigenvalue weighted by Gasteiger charge is -2.03. The monoisotopic (exact) mass is 238 g/mol. The molecular weight excluding hydrogens is 224 g/mol. The Kier molecular flexibility index (Phi) is 3.71. The van der Waals surface area contributed by atoms with Crippen LogP contribution in [-0.2, 0) is 6.54 Å². The quantitative estimate of drug-likeness (QED) is 0.775. The minimum atomic E-state index is 0.153. The second-order valence-corrected chi connectivity index (χ2v) is 4.48. The summed E-state index contributed by atoms with van der Waals surface area (Å²) in [5.41, 5.74) is 6.50. The molecule has 5 heteroatoms. The Bertz CT molecular complexity index is 470. The van der Waals surface area contributed by atoms with Gasteiger partial charge in [0, 0.05) is 19.6 Å². The number of nitrogens with zero attached hydrogens (tertiary/aromatic N) is 1. The molecule has 0 aliphatic heterocycles. The standard InChI is InChI=1S/C11H14N2O2S/c12-7-11-13-9-3-2-8(6-10(9)16-11)15-5-1-4-14/h2-3,6,14H,1,4-5,7,12H2. The number of aliphatic hydroxyl groups excluding tert-OH is 1. The minimum absolute atomic E-state index is 0.153. The van der Waals surface area contributed by atoms with E-state index in [1.165, 1.54) is 0 Å². The summed E-state index contributed by atoms with van der Waals surface area (Å²) < 4.78 is 6.57. The molecule has 2 aromatic rings. The molecular formula is C11H14N2O2S. The molecule has 0 radical (unpaired) electrons. The second kappa shape index (κ2) is 5.25. The summed E-state index contributed by atoms with van der Waals surface area (Å²) in [5, 5.41) is 9.58. The summed E-state index contributed by atoms with van der Waals surface area (Å²) in [4.78, 5) is 4.37. The maximum Gasteiger partial charge on any atom is 0.120 e. The van der Waals surface area contributed by atoms with Gasteiger partial charge in [-0.2, -0.15) is 0 Å². The smallest absolute Gasteiger partial charge is 0.120 e. The minimum Gasteiger partial charge on any atom is -0.493 e. The molecule has 0 spiro atoms. The van der Waals surface area contributed by atoms with E-state index in [1.54, 1.807) is 11.3 Å². The molecule has 4 nitrogen and oxygen atoms in total. The normalized spacial score (nSPS) is 10.9. The molecule has 0 amide bonds. The molecule has 0 saturated heterocycles. The van der Waals surface area contributed by atoms with Crippen LogP contribution in [0.15, 0.2) is 18.2 Å². The van der Waals surface area contributed by atoms with E-state index >= 15 is 0 Å². The van der Waals surface area contributed by atoms with Crippen LogP contribution in [0.25, 0.3) is 10.2 Å². The summed E-state index contributed by atoms with van der Waals surface area (Å²) in [5.74, 6) is 0.813. The van der Waals surface area contributed by atoms with Gasteiger partial charge in [0.05, 0.1) is 16.8 Å². The topological polar surface area (TPSA) is 68.4 Å². The molecule has 1 aromatic carbocycles. The van der Waals surface area contributed by atoms with Crippen molar-refractivity contribution in [2.75, 3.05) is 13.2 Å². The van der Waals surface area contributed by atoms with Crippen molar-refractivity contribution in [1.29, 1.82) is 0 Å². The van der Waals surface area contributed by atoms with Crippen molar-refractivity contribution < 1.29 is 9.84 Å². The number of hydrogen-bond acceptors (Lipinski definition) is 5. The molecule has 0 aliphatic rings. The van der Waals surface area contributed by atoms with Gasteiger partial charge in [0.2, 0.25) is 0 Å². The predicted octanol–water partition coefficient (Wildman–Crippen LogP) is 1.52. The van der Waals surface area contributed by atoms with Crippen molar-refractivity contribution in [2.45, 2.75) is 13.0 Å². The zero-order chi connectivity index (χ0) is 11.4. The average molecular weight is 238 g/mol. The molecule has 3 N–H and O–H groups in total. The molecule has 16 heavy (non-hydrogen) atoms. The Morgan fingerprint density at radius 3 is 3.06 bits per heavy atom. The highest BCUT2D eigenvalue weighted by Crippen LogP contribution is 2.26. The van der Waals surface area contributed by atoms with E-state index in [2.05, 4.69) is 4.98 Å². The summed E-state index contributed by atoms with van der Waals surface area (Å²) in [6.45, 7) is 1.16. The first-order chi connectivity index (χ1) is 7.83. The van der Waals surface area contributed by atoms with Crippen molar-refractivity contribution in [3.05, 3.63) is 23.2 Å². The third-order valence-corrected chi connectivity index (χ3v) is 3.19. The summed E-state index contributed by atoms with van der Waals surface area (Å²) in [6.07, 6.45) is 0.648. The lowest BCUT2D eigenvalue weighted by molar-refractivity contribution is 0.234. The van der Waals surface area contributed by atoms with Gasteiger partial charge < -0.3 is 15.6 Å². The third kappa shape index (κ3) is 2.49. The van der Waals surface area contributed by atoms with Gasteiger partial charge in [0.25, 0.3) is 0 Å². The Hall–Kier alpha value is -1.17. The van der Waals surface area contributed by atoms with Crippen LogP contribution >= 0.6 is 11.3 Å². The number of aromatic nitrogens is 1. The molecule has 0 fully saturated rings. The SMILES string of the molecule is NCc1nc2ccc(OCCCO)cc2s1. The van der Waals surface area contributed by atoms with E-state index in [9.17, 15) is 0 Å². The Balaban J connectivity index is 2.15. The van der Waals surface area contributed by atoms with Crippen molar-refractivity contribution in [1.82, 2.24) is 4.98 Å². The fourth-order valence-electron chi connectivity index (χ4n) is 1.38. The molecule has 1 aromatic heterocycles. The molecule has 1 heterocycles. The molecule has 0 atom stereocenters. The fourth-order valence-corrected chi connectivity index (χ4v) is 2.26. The highest BCUT2D eigenvalue weighted by molar-refractivity contribution is 7.18. The van der Waals surface area contributed by atoms with Crippen LogP contribution in [0.3, 0.4) is 0 Å². The van der Waals surface area contributed by atoms with Crippen LogP contribution in [0, 0.1) is 0 Å². The Morgan fingerprint density at radius 1 is 1.44 bits per heavy atom. The first kappa shape index (κ1) is 11.3. The molecule has 86 valence electrons. The highest BCUT2D eigenvalue weighted by atomic mass is 32.1. The number of rotatable bonds is 5. The van der Waals surface area contributed by atoms with Gasteiger partial charge in [-0.25, -0.2) is 4.98 Å². The number of benzene rings is 1. The number of ether oxygens (including phenoxy) is 1. The van der Waals surface area contributed by atoms with Gasteiger partial charge in [-0.15, -0.1) is 11.3 Å². The van der Waals surface area contributed by atoms with Crippen LogP contribution in [0.5, 0.6) is 5.75 Å². The van der Waals surface area contributed by atoms with Crippen LogP contribution in [-0.4, -0.2) is 23.3 Å². The van der Waals surface area contributed by atoms with Crippen LogP contribution in [0.2, 0.25) is 0 Å².